The number of carbonyl (C=O) groups is 1. The van der Waals surface area contributed by atoms with E-state index in [0.717, 1.165) is 31.2 Å². The van der Waals surface area contributed by atoms with E-state index >= 15 is 0 Å². The summed E-state index contributed by atoms with van der Waals surface area (Å²) in [6.07, 6.45) is 6.50. The number of nitrogens with zero attached hydrogens (tertiary/aromatic N) is 1. The summed E-state index contributed by atoms with van der Waals surface area (Å²) >= 11 is 0. The fourth-order valence-electron chi connectivity index (χ4n) is 5.22. The fourth-order valence-corrected chi connectivity index (χ4v) is 5.22. The summed E-state index contributed by atoms with van der Waals surface area (Å²) < 4.78 is 6.43. The van der Waals surface area contributed by atoms with E-state index in [1.165, 1.54) is 5.56 Å². The van der Waals surface area contributed by atoms with E-state index in [1.807, 2.05) is 42.5 Å². The standard InChI is InChI=1S/C26H31NO2/c1-3-21-17-23-24(27(19(21)2)26(28)22-13-8-5-9-14-22)15-10-16-25(23)29-18-20-11-6-4-7-12-20/h3-9,11-14,19,21,23-25H,1,10,15-18H2,2H3/t19-,21-,23+,24+,25+/m1/s1. The topological polar surface area (TPSA) is 29.5 Å². The Labute approximate surface area is 174 Å². The Kier molecular flexibility index (Phi) is 6.15. The summed E-state index contributed by atoms with van der Waals surface area (Å²) in [5, 5.41) is 0. The predicted molar refractivity (Wildman–Crippen MR) is 117 cm³/mol. The maximum Gasteiger partial charge on any atom is 0.254 e. The van der Waals surface area contributed by atoms with Crippen molar-refractivity contribution < 1.29 is 9.53 Å². The molecule has 2 aliphatic rings. The van der Waals surface area contributed by atoms with E-state index in [-0.39, 0.29) is 24.1 Å². The number of rotatable bonds is 5. The minimum absolute atomic E-state index is 0.142. The fraction of sp³-hybridized carbons (Fsp3) is 0.423. The van der Waals surface area contributed by atoms with Crippen molar-refractivity contribution in [2.45, 2.75) is 57.4 Å². The van der Waals surface area contributed by atoms with Crippen LogP contribution in [0.25, 0.3) is 0 Å². The van der Waals surface area contributed by atoms with Crippen molar-refractivity contribution in [3.05, 3.63) is 84.4 Å². The van der Waals surface area contributed by atoms with Crippen LogP contribution in [0.2, 0.25) is 0 Å². The Morgan fingerprint density at radius 1 is 1.10 bits per heavy atom. The molecule has 2 aromatic rings. The molecule has 3 heteroatoms. The third-order valence-electron chi connectivity index (χ3n) is 6.79. The molecule has 1 aliphatic heterocycles. The van der Waals surface area contributed by atoms with Gasteiger partial charge in [-0.1, -0.05) is 54.6 Å². The molecule has 2 fully saturated rings. The SMILES string of the molecule is C=C[C@@H]1C[C@@H]2[C@@H](OCc3ccccc3)CCC[C@@H]2N(C(=O)c2ccccc2)[C@@H]1C. The maximum absolute atomic E-state index is 13.5. The Morgan fingerprint density at radius 3 is 2.48 bits per heavy atom. The monoisotopic (exact) mass is 389 g/mol. The second-order valence-electron chi connectivity index (χ2n) is 8.45. The lowest BCUT2D eigenvalue weighted by Crippen LogP contribution is -2.60. The van der Waals surface area contributed by atoms with Crippen LogP contribution >= 0.6 is 0 Å². The third-order valence-corrected chi connectivity index (χ3v) is 6.79. The number of likely N-dealkylation sites (tertiary alicyclic amines) is 1. The van der Waals surface area contributed by atoms with Gasteiger partial charge < -0.3 is 9.64 Å². The zero-order chi connectivity index (χ0) is 20.2. The largest absolute Gasteiger partial charge is 0.373 e. The number of hydrogen-bond acceptors (Lipinski definition) is 2. The summed E-state index contributed by atoms with van der Waals surface area (Å²) in [7, 11) is 0. The van der Waals surface area contributed by atoms with Crippen molar-refractivity contribution in [3.63, 3.8) is 0 Å². The summed E-state index contributed by atoms with van der Waals surface area (Å²) in [6.45, 7) is 6.89. The molecule has 1 saturated heterocycles. The van der Waals surface area contributed by atoms with Gasteiger partial charge in [-0.25, -0.2) is 0 Å². The van der Waals surface area contributed by atoms with Gasteiger partial charge in [-0.2, -0.15) is 0 Å². The Morgan fingerprint density at radius 2 is 1.79 bits per heavy atom. The first-order valence-electron chi connectivity index (χ1n) is 10.8. The number of benzene rings is 2. The second-order valence-corrected chi connectivity index (χ2v) is 8.45. The molecule has 1 heterocycles. The highest BCUT2D eigenvalue weighted by Gasteiger charge is 2.47. The van der Waals surface area contributed by atoms with Gasteiger partial charge in [0.15, 0.2) is 0 Å². The van der Waals surface area contributed by atoms with E-state index in [1.54, 1.807) is 0 Å². The van der Waals surface area contributed by atoms with Crippen LogP contribution in [0.5, 0.6) is 0 Å². The van der Waals surface area contributed by atoms with E-state index in [0.29, 0.717) is 18.4 Å². The van der Waals surface area contributed by atoms with Crippen LogP contribution in [0.15, 0.2) is 73.3 Å². The van der Waals surface area contributed by atoms with Crippen LogP contribution in [0.1, 0.15) is 48.5 Å². The van der Waals surface area contributed by atoms with Crippen LogP contribution < -0.4 is 0 Å². The lowest BCUT2D eigenvalue weighted by molar-refractivity contribution is -0.0851. The Balaban J connectivity index is 1.56. The van der Waals surface area contributed by atoms with Gasteiger partial charge in [0, 0.05) is 23.6 Å². The van der Waals surface area contributed by atoms with E-state index in [4.69, 9.17) is 4.74 Å². The van der Waals surface area contributed by atoms with Gasteiger partial charge in [0.25, 0.3) is 5.91 Å². The van der Waals surface area contributed by atoms with Gasteiger partial charge in [0.2, 0.25) is 0 Å². The van der Waals surface area contributed by atoms with Gasteiger partial charge in [0.05, 0.1) is 12.7 Å². The van der Waals surface area contributed by atoms with Crippen molar-refractivity contribution >= 4 is 5.91 Å². The molecular formula is C26H31NO2. The van der Waals surface area contributed by atoms with Gasteiger partial charge >= 0.3 is 0 Å². The molecule has 0 N–H and O–H groups in total. The van der Waals surface area contributed by atoms with Gasteiger partial charge in [-0.15, -0.1) is 6.58 Å². The van der Waals surface area contributed by atoms with Crippen molar-refractivity contribution in [2.24, 2.45) is 11.8 Å². The van der Waals surface area contributed by atoms with Gasteiger partial charge in [-0.05, 0) is 56.2 Å². The van der Waals surface area contributed by atoms with Crippen LogP contribution in [0.3, 0.4) is 0 Å². The number of piperidine rings is 1. The minimum atomic E-state index is 0.142. The van der Waals surface area contributed by atoms with Crippen LogP contribution in [0.4, 0.5) is 0 Å². The van der Waals surface area contributed by atoms with Crippen LogP contribution in [0, 0.1) is 11.8 Å². The molecule has 1 saturated carbocycles. The van der Waals surface area contributed by atoms with Crippen LogP contribution in [-0.2, 0) is 11.3 Å². The molecule has 0 radical (unpaired) electrons. The van der Waals surface area contributed by atoms with Crippen molar-refractivity contribution in [3.8, 4) is 0 Å². The van der Waals surface area contributed by atoms with Gasteiger partial charge in [0.1, 0.15) is 0 Å². The first kappa shape index (κ1) is 19.9. The molecule has 152 valence electrons. The average molecular weight is 390 g/mol. The summed E-state index contributed by atoms with van der Waals surface area (Å²) in [5.41, 5.74) is 1.98. The summed E-state index contributed by atoms with van der Waals surface area (Å²) in [4.78, 5) is 15.6. The number of hydrogen-bond donors (Lipinski definition) is 0. The summed E-state index contributed by atoms with van der Waals surface area (Å²) in [6, 6.07) is 20.5. The van der Waals surface area contributed by atoms with Crippen LogP contribution in [-0.4, -0.2) is 29.0 Å². The second kappa shape index (κ2) is 8.96. The third kappa shape index (κ3) is 4.16. The zero-order valence-electron chi connectivity index (χ0n) is 17.2. The molecule has 3 nitrogen and oxygen atoms in total. The molecule has 4 rings (SSSR count). The molecule has 0 aromatic heterocycles. The number of fused-ring (bicyclic) bond motifs is 1. The number of carbonyl (C=O) groups excluding carboxylic acids is 1. The first-order valence-corrected chi connectivity index (χ1v) is 10.8. The highest BCUT2D eigenvalue weighted by Crippen LogP contribution is 2.43. The molecule has 0 bridgehead atoms. The maximum atomic E-state index is 13.5. The summed E-state index contributed by atoms with van der Waals surface area (Å²) in [5.74, 6) is 0.799. The predicted octanol–water partition coefficient (Wildman–Crippen LogP) is 5.48. The highest BCUT2D eigenvalue weighted by molar-refractivity contribution is 5.94. The molecule has 0 spiro atoms. The van der Waals surface area contributed by atoms with Crippen molar-refractivity contribution in [1.29, 1.82) is 0 Å². The Hall–Kier alpha value is -2.39. The normalized spacial score (nSPS) is 29.1. The number of ether oxygens (including phenoxy) is 1. The van der Waals surface area contributed by atoms with Crippen molar-refractivity contribution in [1.82, 2.24) is 4.90 Å². The zero-order valence-corrected chi connectivity index (χ0v) is 17.2. The molecule has 0 unspecified atom stereocenters. The van der Waals surface area contributed by atoms with E-state index in [9.17, 15) is 4.79 Å². The lowest BCUT2D eigenvalue weighted by Gasteiger charge is -2.52. The molecule has 1 aliphatic carbocycles. The molecule has 5 atom stereocenters. The van der Waals surface area contributed by atoms with Gasteiger partial charge in [-0.3, -0.25) is 4.79 Å². The van der Waals surface area contributed by atoms with E-state index in [2.05, 4.69) is 42.7 Å². The molecule has 29 heavy (non-hydrogen) atoms. The molecule has 2 aromatic carbocycles. The number of amides is 1. The average Bonchev–Trinajstić information content (AvgIpc) is 2.78. The lowest BCUT2D eigenvalue weighted by atomic mass is 9.70. The van der Waals surface area contributed by atoms with E-state index < -0.39 is 0 Å². The smallest absolute Gasteiger partial charge is 0.254 e. The minimum Gasteiger partial charge on any atom is -0.373 e. The first-order chi connectivity index (χ1) is 14.2. The molecular weight excluding hydrogens is 358 g/mol. The van der Waals surface area contributed by atoms with Crippen molar-refractivity contribution in [2.75, 3.05) is 0 Å². The Bertz CT molecular complexity index is 819. The highest BCUT2D eigenvalue weighted by atomic mass is 16.5. The molecule has 1 amide bonds. The quantitative estimate of drug-likeness (QED) is 0.634.